The van der Waals surface area contributed by atoms with Gasteiger partial charge in [0.25, 0.3) is 0 Å². The van der Waals surface area contributed by atoms with Gasteiger partial charge in [-0.2, -0.15) is 0 Å². The van der Waals surface area contributed by atoms with E-state index in [9.17, 15) is 9.59 Å². The minimum Gasteiger partial charge on any atom is -0.353 e. The number of carbonyl (C=O) groups excluding carboxylic acids is 2. The second-order valence-electron chi connectivity index (χ2n) is 5.02. The lowest BCUT2D eigenvalue weighted by Gasteiger charge is -2.29. The van der Waals surface area contributed by atoms with Gasteiger partial charge in [0.15, 0.2) is 0 Å². The van der Waals surface area contributed by atoms with E-state index < -0.39 is 0 Å². The summed E-state index contributed by atoms with van der Waals surface area (Å²) in [6.45, 7) is 8.98. The molecule has 1 rings (SSSR count). The Labute approximate surface area is 109 Å². The van der Waals surface area contributed by atoms with Crippen LogP contribution in [0.15, 0.2) is 0 Å². The van der Waals surface area contributed by atoms with E-state index in [-0.39, 0.29) is 23.8 Å². The van der Waals surface area contributed by atoms with Crippen molar-refractivity contribution in [1.29, 1.82) is 0 Å². The molecule has 1 saturated heterocycles. The van der Waals surface area contributed by atoms with E-state index in [1.807, 2.05) is 20.8 Å². The highest BCUT2D eigenvalue weighted by atomic mass is 16.2. The van der Waals surface area contributed by atoms with Crippen molar-refractivity contribution in [2.24, 2.45) is 5.92 Å². The van der Waals surface area contributed by atoms with Crippen LogP contribution in [0.4, 0.5) is 0 Å². The van der Waals surface area contributed by atoms with Crippen LogP contribution in [-0.4, -0.2) is 48.9 Å². The molecular weight excluding hydrogens is 230 g/mol. The maximum absolute atomic E-state index is 12.1. The average molecular weight is 255 g/mol. The Hall–Kier alpha value is -1.10. The smallest absolute Gasteiger partial charge is 0.243 e. The number of nitrogens with one attached hydrogen (secondary N) is 2. The largest absolute Gasteiger partial charge is 0.353 e. The monoisotopic (exact) mass is 255 g/mol. The Bertz CT molecular complexity index is 292. The molecule has 1 aliphatic rings. The fourth-order valence-corrected chi connectivity index (χ4v) is 2.32. The molecule has 0 aromatic carbocycles. The Kier molecular flexibility index (Phi) is 6.12. The van der Waals surface area contributed by atoms with E-state index in [4.69, 9.17) is 0 Å². The number of likely N-dealkylation sites (N-methyl/N-ethyl adjacent to an activating group) is 1. The standard InChI is InChI=1S/C13H25N3O2/c1-4-14-7-8-15-13(18)12(10(2)3)16-9-5-6-11(16)17/h10,12,14H,4-9H2,1-3H3,(H,15,18). The van der Waals surface area contributed by atoms with E-state index in [1.54, 1.807) is 4.90 Å². The van der Waals surface area contributed by atoms with Gasteiger partial charge in [0, 0.05) is 26.1 Å². The maximum atomic E-state index is 12.1. The predicted molar refractivity (Wildman–Crippen MR) is 71.1 cm³/mol. The molecule has 2 amide bonds. The molecule has 5 heteroatoms. The van der Waals surface area contributed by atoms with Crippen LogP contribution < -0.4 is 10.6 Å². The molecule has 1 atom stereocenters. The molecule has 1 fully saturated rings. The molecule has 104 valence electrons. The van der Waals surface area contributed by atoms with E-state index in [1.165, 1.54) is 0 Å². The summed E-state index contributed by atoms with van der Waals surface area (Å²) in [4.78, 5) is 25.6. The molecule has 1 heterocycles. The van der Waals surface area contributed by atoms with Gasteiger partial charge >= 0.3 is 0 Å². The molecule has 1 unspecified atom stereocenters. The Morgan fingerprint density at radius 2 is 2.11 bits per heavy atom. The van der Waals surface area contributed by atoms with Crippen molar-refractivity contribution in [3.05, 3.63) is 0 Å². The van der Waals surface area contributed by atoms with Crippen LogP contribution in [0.25, 0.3) is 0 Å². The molecule has 18 heavy (non-hydrogen) atoms. The van der Waals surface area contributed by atoms with Crippen molar-refractivity contribution in [2.45, 2.75) is 39.7 Å². The normalized spacial score (nSPS) is 17.3. The van der Waals surface area contributed by atoms with Crippen LogP contribution in [0.3, 0.4) is 0 Å². The first-order chi connectivity index (χ1) is 8.57. The summed E-state index contributed by atoms with van der Waals surface area (Å²) in [6.07, 6.45) is 1.45. The molecule has 5 nitrogen and oxygen atoms in total. The van der Waals surface area contributed by atoms with Gasteiger partial charge in [0.2, 0.25) is 11.8 Å². The van der Waals surface area contributed by atoms with Crippen molar-refractivity contribution >= 4 is 11.8 Å². The Balaban J connectivity index is 2.50. The highest BCUT2D eigenvalue weighted by Gasteiger charge is 2.34. The molecule has 0 bridgehead atoms. The second kappa shape index (κ2) is 7.36. The minimum atomic E-state index is -0.318. The topological polar surface area (TPSA) is 61.4 Å². The van der Waals surface area contributed by atoms with Crippen LogP contribution in [0.5, 0.6) is 0 Å². The fourth-order valence-electron chi connectivity index (χ4n) is 2.32. The van der Waals surface area contributed by atoms with Gasteiger partial charge in [-0.3, -0.25) is 9.59 Å². The lowest BCUT2D eigenvalue weighted by Crippen LogP contribution is -2.51. The van der Waals surface area contributed by atoms with Gasteiger partial charge in [-0.15, -0.1) is 0 Å². The summed E-state index contributed by atoms with van der Waals surface area (Å²) in [7, 11) is 0. The summed E-state index contributed by atoms with van der Waals surface area (Å²) < 4.78 is 0. The van der Waals surface area contributed by atoms with Gasteiger partial charge in [-0.1, -0.05) is 20.8 Å². The molecule has 0 radical (unpaired) electrons. The molecule has 0 saturated carbocycles. The van der Waals surface area contributed by atoms with Crippen molar-refractivity contribution < 1.29 is 9.59 Å². The fraction of sp³-hybridized carbons (Fsp3) is 0.846. The quantitative estimate of drug-likeness (QED) is 0.646. The lowest BCUT2D eigenvalue weighted by molar-refractivity contribution is -0.139. The first-order valence-corrected chi connectivity index (χ1v) is 6.85. The molecule has 2 N–H and O–H groups in total. The van der Waals surface area contributed by atoms with Gasteiger partial charge in [0.1, 0.15) is 6.04 Å². The maximum Gasteiger partial charge on any atom is 0.243 e. The summed E-state index contributed by atoms with van der Waals surface area (Å²) in [5.74, 6) is 0.222. The summed E-state index contributed by atoms with van der Waals surface area (Å²) in [5.41, 5.74) is 0. The van der Waals surface area contributed by atoms with Crippen LogP contribution in [0, 0.1) is 5.92 Å². The number of hydrogen-bond acceptors (Lipinski definition) is 3. The number of amides is 2. The average Bonchev–Trinajstić information content (AvgIpc) is 2.71. The van der Waals surface area contributed by atoms with Crippen molar-refractivity contribution in [1.82, 2.24) is 15.5 Å². The molecule has 0 aliphatic carbocycles. The van der Waals surface area contributed by atoms with Crippen LogP contribution in [-0.2, 0) is 9.59 Å². The zero-order valence-corrected chi connectivity index (χ0v) is 11.7. The molecular formula is C13H25N3O2. The molecule has 0 spiro atoms. The van der Waals surface area contributed by atoms with Crippen LogP contribution >= 0.6 is 0 Å². The van der Waals surface area contributed by atoms with E-state index in [0.29, 0.717) is 19.5 Å². The third-order valence-electron chi connectivity index (χ3n) is 3.20. The second-order valence-corrected chi connectivity index (χ2v) is 5.02. The summed E-state index contributed by atoms with van der Waals surface area (Å²) >= 11 is 0. The van der Waals surface area contributed by atoms with Crippen molar-refractivity contribution in [2.75, 3.05) is 26.2 Å². The number of rotatable bonds is 7. The minimum absolute atomic E-state index is 0.0295. The first-order valence-electron chi connectivity index (χ1n) is 6.85. The van der Waals surface area contributed by atoms with Gasteiger partial charge < -0.3 is 15.5 Å². The number of hydrogen-bond donors (Lipinski definition) is 2. The van der Waals surface area contributed by atoms with E-state index >= 15 is 0 Å². The predicted octanol–water partition coefficient (Wildman–Crippen LogP) is 0.359. The molecule has 0 aromatic heterocycles. The lowest BCUT2D eigenvalue weighted by atomic mass is 10.0. The van der Waals surface area contributed by atoms with Gasteiger partial charge in [-0.05, 0) is 18.9 Å². The zero-order valence-electron chi connectivity index (χ0n) is 11.7. The molecule has 0 aromatic rings. The van der Waals surface area contributed by atoms with Crippen LogP contribution in [0.1, 0.15) is 33.6 Å². The Morgan fingerprint density at radius 3 is 2.61 bits per heavy atom. The first kappa shape index (κ1) is 15.0. The number of nitrogens with zero attached hydrogens (tertiary/aromatic N) is 1. The van der Waals surface area contributed by atoms with Crippen LogP contribution in [0.2, 0.25) is 0 Å². The summed E-state index contributed by atoms with van der Waals surface area (Å²) in [5, 5.41) is 6.06. The third kappa shape index (κ3) is 3.98. The third-order valence-corrected chi connectivity index (χ3v) is 3.20. The van der Waals surface area contributed by atoms with Gasteiger partial charge in [-0.25, -0.2) is 0 Å². The van der Waals surface area contributed by atoms with Crippen molar-refractivity contribution in [3.63, 3.8) is 0 Å². The number of carbonyl (C=O) groups is 2. The highest BCUT2D eigenvalue weighted by molar-refractivity contribution is 5.88. The Morgan fingerprint density at radius 1 is 1.39 bits per heavy atom. The van der Waals surface area contributed by atoms with E-state index in [2.05, 4.69) is 10.6 Å². The molecule has 1 aliphatic heterocycles. The highest BCUT2D eigenvalue weighted by Crippen LogP contribution is 2.19. The SMILES string of the molecule is CCNCCNC(=O)C(C(C)C)N1CCCC1=O. The van der Waals surface area contributed by atoms with Gasteiger partial charge in [0.05, 0.1) is 0 Å². The zero-order chi connectivity index (χ0) is 13.5. The van der Waals surface area contributed by atoms with E-state index in [0.717, 1.165) is 19.5 Å². The number of likely N-dealkylation sites (tertiary alicyclic amines) is 1. The summed E-state index contributed by atoms with van der Waals surface area (Å²) in [6, 6.07) is -0.318. The van der Waals surface area contributed by atoms with Crippen molar-refractivity contribution in [3.8, 4) is 0 Å².